The van der Waals surface area contributed by atoms with Gasteiger partial charge in [0.1, 0.15) is 0 Å². The van der Waals surface area contributed by atoms with Crippen molar-refractivity contribution in [3.63, 3.8) is 0 Å². The highest BCUT2D eigenvalue weighted by molar-refractivity contribution is 4.74. The molecule has 84 valence electrons. The molecule has 1 N–H and O–H groups in total. The van der Waals surface area contributed by atoms with Crippen LogP contribution in [0.25, 0.3) is 0 Å². The van der Waals surface area contributed by atoms with Crippen molar-refractivity contribution in [2.75, 3.05) is 13.1 Å². The van der Waals surface area contributed by atoms with Crippen LogP contribution in [0.1, 0.15) is 58.8 Å². The van der Waals surface area contributed by atoms with Crippen molar-refractivity contribution in [3.05, 3.63) is 0 Å². The summed E-state index contributed by atoms with van der Waals surface area (Å²) >= 11 is 0. The van der Waals surface area contributed by atoms with Crippen LogP contribution >= 0.6 is 0 Å². The second kappa shape index (κ2) is 7.28. The topological polar surface area (TPSA) is 12.0 Å². The summed E-state index contributed by atoms with van der Waals surface area (Å²) in [6, 6.07) is 0. The predicted octanol–water partition coefficient (Wildman–Crippen LogP) is 3.59. The Morgan fingerprint density at radius 2 is 1.93 bits per heavy atom. The molecule has 0 amide bonds. The molecule has 14 heavy (non-hydrogen) atoms. The average Bonchev–Trinajstić information content (AvgIpc) is 2.20. The van der Waals surface area contributed by atoms with Crippen LogP contribution in [-0.4, -0.2) is 13.1 Å². The maximum atomic E-state index is 3.52. The van der Waals surface area contributed by atoms with Crippen LogP contribution in [0.5, 0.6) is 0 Å². The molecule has 0 aromatic rings. The van der Waals surface area contributed by atoms with E-state index in [0.717, 1.165) is 11.8 Å². The Bertz CT molecular complexity index is 133. The molecule has 0 aliphatic carbocycles. The van der Waals surface area contributed by atoms with E-state index in [1.165, 1.54) is 58.0 Å². The first-order valence-corrected chi connectivity index (χ1v) is 6.55. The lowest BCUT2D eigenvalue weighted by atomic mass is 9.84. The molecular formula is C13H27N. The van der Waals surface area contributed by atoms with Gasteiger partial charge in [-0.25, -0.2) is 0 Å². The SMILES string of the molecule is CCCCCCCC1CNCCC1C. The molecule has 0 aromatic carbocycles. The van der Waals surface area contributed by atoms with E-state index in [4.69, 9.17) is 0 Å². The Labute approximate surface area is 89.7 Å². The standard InChI is InChI=1S/C13H27N/c1-3-4-5-6-7-8-13-11-14-10-9-12(13)2/h12-14H,3-11H2,1-2H3. The van der Waals surface area contributed by atoms with Crippen LogP contribution in [0.2, 0.25) is 0 Å². The van der Waals surface area contributed by atoms with Gasteiger partial charge in [0.25, 0.3) is 0 Å². The third-order valence-corrected chi connectivity index (χ3v) is 3.67. The fraction of sp³-hybridized carbons (Fsp3) is 1.00. The van der Waals surface area contributed by atoms with E-state index < -0.39 is 0 Å². The molecule has 0 radical (unpaired) electrons. The van der Waals surface area contributed by atoms with E-state index in [0.29, 0.717) is 0 Å². The van der Waals surface area contributed by atoms with E-state index in [-0.39, 0.29) is 0 Å². The number of hydrogen-bond donors (Lipinski definition) is 1. The molecule has 1 heteroatoms. The van der Waals surface area contributed by atoms with E-state index in [1.54, 1.807) is 0 Å². The summed E-state index contributed by atoms with van der Waals surface area (Å²) in [5, 5.41) is 3.52. The molecular weight excluding hydrogens is 170 g/mol. The van der Waals surface area contributed by atoms with E-state index in [9.17, 15) is 0 Å². The van der Waals surface area contributed by atoms with Gasteiger partial charge in [0.2, 0.25) is 0 Å². The normalized spacial score (nSPS) is 27.9. The minimum atomic E-state index is 0.961. The summed E-state index contributed by atoms with van der Waals surface area (Å²) in [6.45, 7) is 7.23. The Balaban J connectivity index is 1.99. The third kappa shape index (κ3) is 4.45. The zero-order valence-electron chi connectivity index (χ0n) is 10.0. The highest BCUT2D eigenvalue weighted by Crippen LogP contribution is 2.23. The number of hydrogen-bond acceptors (Lipinski definition) is 1. The van der Waals surface area contributed by atoms with Gasteiger partial charge in [0.15, 0.2) is 0 Å². The number of rotatable bonds is 6. The fourth-order valence-corrected chi connectivity index (χ4v) is 2.45. The molecule has 1 saturated heterocycles. The largest absolute Gasteiger partial charge is 0.316 e. The Morgan fingerprint density at radius 3 is 2.64 bits per heavy atom. The predicted molar refractivity (Wildman–Crippen MR) is 63.5 cm³/mol. The third-order valence-electron chi connectivity index (χ3n) is 3.67. The lowest BCUT2D eigenvalue weighted by Crippen LogP contribution is -2.35. The number of unbranched alkanes of at least 4 members (excludes halogenated alkanes) is 4. The minimum absolute atomic E-state index is 0.961. The first-order chi connectivity index (χ1) is 6.84. The van der Waals surface area contributed by atoms with Crippen molar-refractivity contribution in [2.45, 2.75) is 58.8 Å². The first kappa shape index (κ1) is 12.0. The number of nitrogens with one attached hydrogen (secondary N) is 1. The molecule has 1 aliphatic rings. The molecule has 0 spiro atoms. The zero-order chi connectivity index (χ0) is 10.2. The van der Waals surface area contributed by atoms with Crippen LogP contribution in [0.15, 0.2) is 0 Å². The molecule has 2 atom stereocenters. The second-order valence-corrected chi connectivity index (χ2v) is 4.93. The van der Waals surface area contributed by atoms with E-state index in [2.05, 4.69) is 19.2 Å². The van der Waals surface area contributed by atoms with Gasteiger partial charge in [-0.2, -0.15) is 0 Å². The fourth-order valence-electron chi connectivity index (χ4n) is 2.45. The highest BCUT2D eigenvalue weighted by atomic mass is 14.9. The van der Waals surface area contributed by atoms with Crippen molar-refractivity contribution < 1.29 is 0 Å². The van der Waals surface area contributed by atoms with Gasteiger partial charge in [-0.05, 0) is 37.8 Å². The lowest BCUT2D eigenvalue weighted by Gasteiger charge is -2.29. The summed E-state index contributed by atoms with van der Waals surface area (Å²) in [7, 11) is 0. The molecule has 2 unspecified atom stereocenters. The van der Waals surface area contributed by atoms with Crippen molar-refractivity contribution in [1.82, 2.24) is 5.32 Å². The van der Waals surface area contributed by atoms with Crippen LogP contribution in [-0.2, 0) is 0 Å². The second-order valence-electron chi connectivity index (χ2n) is 4.93. The molecule has 0 aromatic heterocycles. The van der Waals surface area contributed by atoms with Gasteiger partial charge in [-0.1, -0.05) is 46.0 Å². The monoisotopic (exact) mass is 197 g/mol. The van der Waals surface area contributed by atoms with Crippen molar-refractivity contribution >= 4 is 0 Å². The Kier molecular flexibility index (Phi) is 6.25. The average molecular weight is 197 g/mol. The van der Waals surface area contributed by atoms with Gasteiger partial charge < -0.3 is 5.32 Å². The van der Waals surface area contributed by atoms with Crippen LogP contribution in [0.4, 0.5) is 0 Å². The van der Waals surface area contributed by atoms with Gasteiger partial charge in [0.05, 0.1) is 0 Å². The maximum Gasteiger partial charge on any atom is -0.00180 e. The molecule has 0 saturated carbocycles. The highest BCUT2D eigenvalue weighted by Gasteiger charge is 2.19. The molecule has 0 bridgehead atoms. The summed E-state index contributed by atoms with van der Waals surface area (Å²) in [6.07, 6.45) is 10.00. The van der Waals surface area contributed by atoms with Crippen LogP contribution in [0, 0.1) is 11.8 Å². The quantitative estimate of drug-likeness (QED) is 0.642. The molecule has 1 heterocycles. The molecule has 1 rings (SSSR count). The molecule has 1 nitrogen and oxygen atoms in total. The number of piperidine rings is 1. The minimum Gasteiger partial charge on any atom is -0.316 e. The van der Waals surface area contributed by atoms with Crippen LogP contribution in [0.3, 0.4) is 0 Å². The van der Waals surface area contributed by atoms with Gasteiger partial charge in [-0.3, -0.25) is 0 Å². The zero-order valence-corrected chi connectivity index (χ0v) is 10.0. The first-order valence-electron chi connectivity index (χ1n) is 6.55. The van der Waals surface area contributed by atoms with Gasteiger partial charge >= 0.3 is 0 Å². The van der Waals surface area contributed by atoms with Crippen LogP contribution < -0.4 is 5.32 Å². The summed E-state index contributed by atoms with van der Waals surface area (Å²) in [5.74, 6) is 1.92. The maximum absolute atomic E-state index is 3.52. The van der Waals surface area contributed by atoms with Gasteiger partial charge in [0, 0.05) is 0 Å². The van der Waals surface area contributed by atoms with Crippen molar-refractivity contribution in [2.24, 2.45) is 11.8 Å². The smallest absolute Gasteiger partial charge is 0.00180 e. The summed E-state index contributed by atoms with van der Waals surface area (Å²) < 4.78 is 0. The van der Waals surface area contributed by atoms with E-state index in [1.807, 2.05) is 0 Å². The Morgan fingerprint density at radius 1 is 1.14 bits per heavy atom. The van der Waals surface area contributed by atoms with Gasteiger partial charge in [-0.15, -0.1) is 0 Å². The lowest BCUT2D eigenvalue weighted by molar-refractivity contribution is 0.253. The van der Waals surface area contributed by atoms with Crippen molar-refractivity contribution in [3.8, 4) is 0 Å². The summed E-state index contributed by atoms with van der Waals surface area (Å²) in [5.41, 5.74) is 0. The summed E-state index contributed by atoms with van der Waals surface area (Å²) in [4.78, 5) is 0. The molecule has 1 aliphatic heterocycles. The Hall–Kier alpha value is -0.0400. The molecule has 1 fully saturated rings. The van der Waals surface area contributed by atoms with E-state index >= 15 is 0 Å². The van der Waals surface area contributed by atoms with Crippen molar-refractivity contribution in [1.29, 1.82) is 0 Å².